The molecule has 0 aliphatic rings. The SMILES string of the molecule is NCc1cc(-c2ccc(Cl)cc2)no1. The van der Waals surface area contributed by atoms with E-state index in [2.05, 4.69) is 5.16 Å². The van der Waals surface area contributed by atoms with Gasteiger partial charge in [0.1, 0.15) is 5.69 Å². The van der Waals surface area contributed by atoms with Crippen LogP contribution < -0.4 is 5.73 Å². The number of hydrogen-bond donors (Lipinski definition) is 1. The molecule has 0 amide bonds. The number of benzene rings is 1. The molecule has 1 aromatic carbocycles. The van der Waals surface area contributed by atoms with Crippen LogP contribution in [0.4, 0.5) is 0 Å². The Morgan fingerprint density at radius 1 is 1.29 bits per heavy atom. The van der Waals surface area contributed by atoms with Crippen LogP contribution in [0.25, 0.3) is 11.3 Å². The second kappa shape index (κ2) is 3.82. The van der Waals surface area contributed by atoms with E-state index in [-0.39, 0.29) is 0 Å². The monoisotopic (exact) mass is 208 g/mol. The van der Waals surface area contributed by atoms with Crippen LogP contribution in [0.3, 0.4) is 0 Å². The highest BCUT2D eigenvalue weighted by Gasteiger charge is 2.04. The predicted molar refractivity (Wildman–Crippen MR) is 54.8 cm³/mol. The van der Waals surface area contributed by atoms with E-state index < -0.39 is 0 Å². The van der Waals surface area contributed by atoms with Crippen molar-refractivity contribution >= 4 is 11.6 Å². The third-order valence-electron chi connectivity index (χ3n) is 1.90. The van der Waals surface area contributed by atoms with Gasteiger partial charge in [0.25, 0.3) is 0 Å². The molecule has 2 aromatic rings. The summed E-state index contributed by atoms with van der Waals surface area (Å²) in [7, 11) is 0. The summed E-state index contributed by atoms with van der Waals surface area (Å²) in [6, 6.07) is 9.23. The van der Waals surface area contributed by atoms with Gasteiger partial charge in [-0.3, -0.25) is 0 Å². The fourth-order valence-corrected chi connectivity index (χ4v) is 1.29. The van der Waals surface area contributed by atoms with Crippen LogP contribution in [0.5, 0.6) is 0 Å². The molecule has 0 saturated heterocycles. The van der Waals surface area contributed by atoms with Crippen molar-refractivity contribution in [1.29, 1.82) is 0 Å². The molecule has 0 aliphatic heterocycles. The Hall–Kier alpha value is -1.32. The molecule has 0 unspecified atom stereocenters. The summed E-state index contributed by atoms with van der Waals surface area (Å²) >= 11 is 5.77. The lowest BCUT2D eigenvalue weighted by atomic mass is 10.1. The van der Waals surface area contributed by atoms with Crippen molar-refractivity contribution in [3.8, 4) is 11.3 Å². The van der Waals surface area contributed by atoms with Crippen molar-refractivity contribution in [2.24, 2.45) is 5.73 Å². The van der Waals surface area contributed by atoms with E-state index >= 15 is 0 Å². The van der Waals surface area contributed by atoms with Crippen molar-refractivity contribution < 1.29 is 4.52 Å². The minimum Gasteiger partial charge on any atom is -0.359 e. The average molecular weight is 209 g/mol. The van der Waals surface area contributed by atoms with Crippen LogP contribution >= 0.6 is 11.6 Å². The van der Waals surface area contributed by atoms with E-state index in [1.807, 2.05) is 30.3 Å². The molecular weight excluding hydrogens is 200 g/mol. The smallest absolute Gasteiger partial charge is 0.150 e. The van der Waals surface area contributed by atoms with Crippen LogP contribution in [0.1, 0.15) is 5.76 Å². The van der Waals surface area contributed by atoms with Gasteiger partial charge in [0.05, 0.1) is 6.54 Å². The molecule has 0 spiro atoms. The molecule has 4 heteroatoms. The normalized spacial score (nSPS) is 10.4. The summed E-state index contributed by atoms with van der Waals surface area (Å²) in [5, 5.41) is 4.59. The van der Waals surface area contributed by atoms with E-state index in [4.69, 9.17) is 21.9 Å². The van der Waals surface area contributed by atoms with E-state index in [0.29, 0.717) is 17.3 Å². The highest BCUT2D eigenvalue weighted by molar-refractivity contribution is 6.30. The number of rotatable bonds is 2. The zero-order chi connectivity index (χ0) is 9.97. The zero-order valence-electron chi connectivity index (χ0n) is 7.40. The molecule has 0 radical (unpaired) electrons. The number of nitrogens with two attached hydrogens (primary N) is 1. The summed E-state index contributed by atoms with van der Waals surface area (Å²) in [6.07, 6.45) is 0. The van der Waals surface area contributed by atoms with Crippen LogP contribution in [0.15, 0.2) is 34.9 Å². The van der Waals surface area contributed by atoms with E-state index in [9.17, 15) is 0 Å². The predicted octanol–water partition coefficient (Wildman–Crippen LogP) is 2.45. The van der Waals surface area contributed by atoms with Crippen molar-refractivity contribution in [1.82, 2.24) is 5.16 Å². The molecule has 0 atom stereocenters. The van der Waals surface area contributed by atoms with E-state index in [1.54, 1.807) is 0 Å². The molecule has 2 rings (SSSR count). The van der Waals surface area contributed by atoms with Crippen molar-refractivity contribution in [2.45, 2.75) is 6.54 Å². The van der Waals surface area contributed by atoms with Crippen molar-refractivity contribution in [3.05, 3.63) is 41.1 Å². The van der Waals surface area contributed by atoms with Crippen LogP contribution in [-0.4, -0.2) is 5.16 Å². The lowest BCUT2D eigenvalue weighted by Gasteiger charge is -1.93. The number of halogens is 1. The number of aromatic nitrogens is 1. The molecule has 72 valence electrons. The first-order valence-corrected chi connectivity index (χ1v) is 4.59. The molecule has 3 nitrogen and oxygen atoms in total. The van der Waals surface area contributed by atoms with Gasteiger partial charge >= 0.3 is 0 Å². The maximum absolute atomic E-state index is 5.77. The van der Waals surface area contributed by atoms with Gasteiger partial charge in [-0.2, -0.15) is 0 Å². The minimum absolute atomic E-state index is 0.362. The summed E-state index contributed by atoms with van der Waals surface area (Å²) in [6.45, 7) is 0.362. The van der Waals surface area contributed by atoms with Gasteiger partial charge in [-0.05, 0) is 12.1 Å². The van der Waals surface area contributed by atoms with Gasteiger partial charge in [-0.15, -0.1) is 0 Å². The standard InChI is InChI=1S/C10H9ClN2O/c11-8-3-1-7(2-4-8)10-5-9(6-12)14-13-10/h1-5H,6,12H2. The second-order valence-electron chi connectivity index (χ2n) is 2.89. The largest absolute Gasteiger partial charge is 0.359 e. The maximum atomic E-state index is 5.77. The number of hydrogen-bond acceptors (Lipinski definition) is 3. The Morgan fingerprint density at radius 3 is 2.57 bits per heavy atom. The Bertz CT molecular complexity index is 422. The molecular formula is C10H9ClN2O. The first-order valence-electron chi connectivity index (χ1n) is 4.21. The van der Waals surface area contributed by atoms with Crippen LogP contribution in [0, 0.1) is 0 Å². The first kappa shape index (κ1) is 9.24. The Balaban J connectivity index is 2.34. The highest BCUT2D eigenvalue weighted by atomic mass is 35.5. The summed E-state index contributed by atoms with van der Waals surface area (Å²) < 4.78 is 4.99. The molecule has 2 N–H and O–H groups in total. The molecule has 0 fully saturated rings. The van der Waals surface area contributed by atoms with Gasteiger partial charge in [0.15, 0.2) is 5.76 Å². The lowest BCUT2D eigenvalue weighted by Crippen LogP contribution is -1.92. The Morgan fingerprint density at radius 2 is 2.00 bits per heavy atom. The third-order valence-corrected chi connectivity index (χ3v) is 2.15. The Kier molecular flexibility index (Phi) is 2.52. The van der Waals surface area contributed by atoms with Crippen LogP contribution in [-0.2, 0) is 6.54 Å². The Labute approximate surface area is 86.5 Å². The third kappa shape index (κ3) is 1.78. The first-order chi connectivity index (χ1) is 6.79. The van der Waals surface area contributed by atoms with Gasteiger partial charge in [-0.25, -0.2) is 0 Å². The quantitative estimate of drug-likeness (QED) is 0.825. The second-order valence-corrected chi connectivity index (χ2v) is 3.33. The average Bonchev–Trinajstić information content (AvgIpc) is 2.67. The fraction of sp³-hybridized carbons (Fsp3) is 0.100. The van der Waals surface area contributed by atoms with Crippen LogP contribution in [0.2, 0.25) is 5.02 Å². The van der Waals surface area contributed by atoms with E-state index in [0.717, 1.165) is 11.3 Å². The highest BCUT2D eigenvalue weighted by Crippen LogP contribution is 2.20. The molecule has 1 heterocycles. The number of nitrogens with zero attached hydrogens (tertiary/aromatic N) is 1. The van der Waals surface area contributed by atoms with Gasteiger partial charge in [-0.1, -0.05) is 28.9 Å². The molecule has 1 aromatic heterocycles. The van der Waals surface area contributed by atoms with Gasteiger partial charge in [0.2, 0.25) is 0 Å². The summed E-state index contributed by atoms with van der Waals surface area (Å²) in [4.78, 5) is 0. The zero-order valence-corrected chi connectivity index (χ0v) is 8.16. The van der Waals surface area contributed by atoms with Crippen molar-refractivity contribution in [3.63, 3.8) is 0 Å². The van der Waals surface area contributed by atoms with Gasteiger partial charge in [0, 0.05) is 16.7 Å². The molecule has 14 heavy (non-hydrogen) atoms. The summed E-state index contributed by atoms with van der Waals surface area (Å²) in [5.41, 5.74) is 7.16. The lowest BCUT2D eigenvalue weighted by molar-refractivity contribution is 0.387. The van der Waals surface area contributed by atoms with E-state index in [1.165, 1.54) is 0 Å². The molecule has 0 bridgehead atoms. The molecule has 0 saturated carbocycles. The van der Waals surface area contributed by atoms with Gasteiger partial charge < -0.3 is 10.3 Å². The fourth-order valence-electron chi connectivity index (χ4n) is 1.17. The molecule has 0 aliphatic carbocycles. The topological polar surface area (TPSA) is 52.0 Å². The summed E-state index contributed by atoms with van der Waals surface area (Å²) in [5.74, 6) is 0.676. The van der Waals surface area contributed by atoms with Crippen molar-refractivity contribution in [2.75, 3.05) is 0 Å². The minimum atomic E-state index is 0.362. The maximum Gasteiger partial charge on any atom is 0.150 e.